The summed E-state index contributed by atoms with van der Waals surface area (Å²) in [6, 6.07) is -0.589. The quantitative estimate of drug-likeness (QED) is 0.654. The number of hydrogen-bond acceptors (Lipinski definition) is 4. The SMILES string of the molecule is CC(C)(C)C(N)C(=O)N1CCOC(C(N)=O)C1. The molecule has 0 spiro atoms. The van der Waals surface area contributed by atoms with Crippen molar-refractivity contribution < 1.29 is 14.3 Å². The second-order valence-electron chi connectivity index (χ2n) is 5.39. The second-order valence-corrected chi connectivity index (χ2v) is 5.39. The number of nitrogens with two attached hydrogens (primary N) is 2. The van der Waals surface area contributed by atoms with Crippen molar-refractivity contribution in [2.45, 2.75) is 32.9 Å². The minimum atomic E-state index is -0.722. The van der Waals surface area contributed by atoms with E-state index in [0.29, 0.717) is 13.2 Å². The third kappa shape index (κ3) is 3.41. The molecule has 0 aromatic carbocycles. The molecule has 1 rings (SSSR count). The maximum absolute atomic E-state index is 12.1. The zero-order valence-electron chi connectivity index (χ0n) is 10.6. The number of rotatable bonds is 2. The van der Waals surface area contributed by atoms with Crippen molar-refractivity contribution in [1.82, 2.24) is 4.90 Å². The van der Waals surface area contributed by atoms with Gasteiger partial charge in [-0.1, -0.05) is 20.8 Å². The molecule has 1 heterocycles. The zero-order chi connectivity index (χ0) is 13.2. The fraction of sp³-hybridized carbons (Fsp3) is 0.818. The molecule has 1 saturated heterocycles. The summed E-state index contributed by atoms with van der Waals surface area (Å²) >= 11 is 0. The third-order valence-corrected chi connectivity index (χ3v) is 2.89. The van der Waals surface area contributed by atoms with Crippen molar-refractivity contribution in [3.05, 3.63) is 0 Å². The predicted molar refractivity (Wildman–Crippen MR) is 62.9 cm³/mol. The van der Waals surface area contributed by atoms with Crippen molar-refractivity contribution in [3.8, 4) is 0 Å². The first-order valence-corrected chi connectivity index (χ1v) is 5.68. The van der Waals surface area contributed by atoms with E-state index in [-0.39, 0.29) is 17.9 Å². The van der Waals surface area contributed by atoms with Crippen LogP contribution >= 0.6 is 0 Å². The Morgan fingerprint density at radius 1 is 1.41 bits per heavy atom. The number of primary amides is 1. The van der Waals surface area contributed by atoms with Crippen LogP contribution in [0.4, 0.5) is 0 Å². The van der Waals surface area contributed by atoms with E-state index in [4.69, 9.17) is 16.2 Å². The van der Waals surface area contributed by atoms with E-state index in [2.05, 4.69) is 0 Å². The number of nitrogens with zero attached hydrogens (tertiary/aromatic N) is 1. The van der Waals surface area contributed by atoms with Gasteiger partial charge in [0.1, 0.15) is 0 Å². The third-order valence-electron chi connectivity index (χ3n) is 2.89. The predicted octanol–water partition coefficient (Wildman–Crippen LogP) is -0.927. The summed E-state index contributed by atoms with van der Waals surface area (Å²) in [7, 11) is 0. The van der Waals surface area contributed by atoms with E-state index in [9.17, 15) is 9.59 Å². The smallest absolute Gasteiger partial charge is 0.248 e. The highest BCUT2D eigenvalue weighted by Gasteiger charge is 2.34. The van der Waals surface area contributed by atoms with Crippen molar-refractivity contribution in [2.24, 2.45) is 16.9 Å². The highest BCUT2D eigenvalue weighted by molar-refractivity contribution is 5.84. The Hall–Kier alpha value is -1.14. The molecule has 1 fully saturated rings. The fourth-order valence-electron chi connectivity index (χ4n) is 1.59. The van der Waals surface area contributed by atoms with Gasteiger partial charge in [-0.2, -0.15) is 0 Å². The van der Waals surface area contributed by atoms with Crippen molar-refractivity contribution in [2.75, 3.05) is 19.7 Å². The molecule has 0 aromatic rings. The highest BCUT2D eigenvalue weighted by Crippen LogP contribution is 2.20. The molecule has 0 aliphatic carbocycles. The van der Waals surface area contributed by atoms with Crippen LogP contribution in [-0.4, -0.2) is 48.6 Å². The van der Waals surface area contributed by atoms with Gasteiger partial charge in [0.05, 0.1) is 19.2 Å². The molecule has 6 heteroatoms. The van der Waals surface area contributed by atoms with E-state index < -0.39 is 18.1 Å². The topological polar surface area (TPSA) is 98.7 Å². The Morgan fingerprint density at radius 3 is 2.47 bits per heavy atom. The van der Waals surface area contributed by atoms with Gasteiger partial charge in [-0.3, -0.25) is 9.59 Å². The van der Waals surface area contributed by atoms with Crippen LogP contribution in [-0.2, 0) is 14.3 Å². The summed E-state index contributed by atoms with van der Waals surface area (Å²) in [5.74, 6) is -0.709. The first-order chi connectivity index (χ1) is 7.73. The first kappa shape index (κ1) is 13.9. The van der Waals surface area contributed by atoms with Crippen molar-refractivity contribution in [1.29, 1.82) is 0 Å². The summed E-state index contributed by atoms with van der Waals surface area (Å²) in [6.07, 6.45) is -0.722. The lowest BCUT2D eigenvalue weighted by Crippen LogP contribution is -2.57. The van der Waals surface area contributed by atoms with E-state index in [1.807, 2.05) is 20.8 Å². The maximum atomic E-state index is 12.1. The van der Waals surface area contributed by atoms with E-state index in [1.54, 1.807) is 4.90 Å². The molecule has 1 aliphatic rings. The van der Waals surface area contributed by atoms with Gasteiger partial charge in [0.25, 0.3) is 0 Å². The van der Waals surface area contributed by atoms with Crippen molar-refractivity contribution in [3.63, 3.8) is 0 Å². The Bertz CT molecular complexity index is 312. The Kier molecular flexibility index (Phi) is 4.11. The molecule has 17 heavy (non-hydrogen) atoms. The summed E-state index contributed by atoms with van der Waals surface area (Å²) in [5.41, 5.74) is 10.7. The minimum Gasteiger partial charge on any atom is -0.367 e. The molecule has 6 nitrogen and oxygen atoms in total. The fourth-order valence-corrected chi connectivity index (χ4v) is 1.59. The molecule has 0 aromatic heterocycles. The summed E-state index contributed by atoms with van der Waals surface area (Å²) in [6.45, 7) is 6.67. The zero-order valence-corrected chi connectivity index (χ0v) is 10.6. The number of amides is 2. The van der Waals surface area contributed by atoms with Gasteiger partial charge >= 0.3 is 0 Å². The van der Waals surface area contributed by atoms with Gasteiger partial charge < -0.3 is 21.1 Å². The molecule has 2 amide bonds. The number of carbonyl (C=O) groups is 2. The van der Waals surface area contributed by atoms with Crippen LogP contribution in [0.25, 0.3) is 0 Å². The number of morpholine rings is 1. The van der Waals surface area contributed by atoms with Gasteiger partial charge in [-0.15, -0.1) is 0 Å². The molecule has 1 aliphatic heterocycles. The van der Waals surface area contributed by atoms with Crippen LogP contribution in [0.2, 0.25) is 0 Å². The summed E-state index contributed by atoms with van der Waals surface area (Å²) < 4.78 is 5.18. The molecule has 2 unspecified atom stereocenters. The molecule has 98 valence electrons. The minimum absolute atomic E-state index is 0.160. The van der Waals surface area contributed by atoms with Crippen LogP contribution in [0.3, 0.4) is 0 Å². The molecule has 4 N–H and O–H groups in total. The molecular weight excluding hydrogens is 222 g/mol. The van der Waals surface area contributed by atoms with Gasteiger partial charge in [-0.25, -0.2) is 0 Å². The average Bonchev–Trinajstić information content (AvgIpc) is 2.26. The number of hydrogen-bond donors (Lipinski definition) is 2. The lowest BCUT2D eigenvalue weighted by molar-refractivity contribution is -0.147. The molecule has 0 radical (unpaired) electrons. The number of carbonyl (C=O) groups excluding carboxylic acids is 2. The monoisotopic (exact) mass is 243 g/mol. The van der Waals surface area contributed by atoms with Crippen LogP contribution in [0.1, 0.15) is 20.8 Å². The lowest BCUT2D eigenvalue weighted by Gasteiger charge is -2.36. The van der Waals surface area contributed by atoms with E-state index >= 15 is 0 Å². The normalized spacial score (nSPS) is 23.3. The lowest BCUT2D eigenvalue weighted by atomic mass is 9.86. The summed E-state index contributed by atoms with van der Waals surface area (Å²) in [4.78, 5) is 24.7. The highest BCUT2D eigenvalue weighted by atomic mass is 16.5. The van der Waals surface area contributed by atoms with Crippen molar-refractivity contribution >= 4 is 11.8 Å². The molecular formula is C11H21N3O3. The van der Waals surface area contributed by atoms with Crippen LogP contribution in [0.5, 0.6) is 0 Å². The van der Waals surface area contributed by atoms with Gasteiger partial charge in [0.15, 0.2) is 6.10 Å². The Morgan fingerprint density at radius 2 is 2.00 bits per heavy atom. The summed E-state index contributed by atoms with van der Waals surface area (Å²) in [5, 5.41) is 0. The van der Waals surface area contributed by atoms with Gasteiger partial charge in [-0.05, 0) is 5.41 Å². The largest absolute Gasteiger partial charge is 0.367 e. The van der Waals surface area contributed by atoms with Crippen LogP contribution in [0.15, 0.2) is 0 Å². The second kappa shape index (κ2) is 5.01. The molecule has 0 bridgehead atoms. The van der Waals surface area contributed by atoms with Gasteiger partial charge in [0, 0.05) is 6.54 Å². The first-order valence-electron chi connectivity index (χ1n) is 5.68. The maximum Gasteiger partial charge on any atom is 0.248 e. The van der Waals surface area contributed by atoms with Gasteiger partial charge in [0.2, 0.25) is 11.8 Å². The molecule has 0 saturated carbocycles. The Labute approximate surface area is 101 Å². The van der Waals surface area contributed by atoms with Crippen LogP contribution in [0, 0.1) is 5.41 Å². The van der Waals surface area contributed by atoms with E-state index in [1.165, 1.54) is 0 Å². The van der Waals surface area contributed by atoms with Crippen LogP contribution < -0.4 is 11.5 Å². The average molecular weight is 243 g/mol. The van der Waals surface area contributed by atoms with E-state index in [0.717, 1.165) is 0 Å². The number of ether oxygens (including phenoxy) is 1. The molecule has 2 atom stereocenters. The standard InChI is InChI=1S/C11H21N3O3/c1-11(2,3)8(12)10(16)14-4-5-17-7(6-14)9(13)15/h7-8H,4-6,12H2,1-3H3,(H2,13,15). The Balaban J connectivity index is 2.67.